The quantitative estimate of drug-likeness (QED) is 0.520. The van der Waals surface area contributed by atoms with E-state index in [1.54, 1.807) is 10.4 Å². The van der Waals surface area contributed by atoms with Gasteiger partial charge in [-0.2, -0.15) is 4.31 Å². The van der Waals surface area contributed by atoms with Crippen molar-refractivity contribution in [2.24, 2.45) is 5.92 Å². The molecule has 1 aliphatic carbocycles. The van der Waals surface area contributed by atoms with Crippen molar-refractivity contribution in [3.63, 3.8) is 0 Å². The van der Waals surface area contributed by atoms with Gasteiger partial charge in [0.2, 0.25) is 15.9 Å². The van der Waals surface area contributed by atoms with E-state index in [9.17, 15) is 13.2 Å². The van der Waals surface area contributed by atoms with Crippen LogP contribution >= 0.6 is 0 Å². The van der Waals surface area contributed by atoms with Gasteiger partial charge in [-0.25, -0.2) is 8.42 Å². The van der Waals surface area contributed by atoms with E-state index >= 15 is 0 Å². The Labute approximate surface area is 201 Å². The van der Waals surface area contributed by atoms with Gasteiger partial charge in [-0.15, -0.1) is 0 Å². The van der Waals surface area contributed by atoms with Crippen molar-refractivity contribution < 1.29 is 13.2 Å². The molecule has 0 unspecified atom stereocenters. The third kappa shape index (κ3) is 4.77. The third-order valence-electron chi connectivity index (χ3n) is 7.34. The number of aromatic amines is 1. The molecule has 34 heavy (non-hydrogen) atoms. The zero-order valence-electron chi connectivity index (χ0n) is 19.6. The standard InChI is InChI=1S/C27H33N3O3S/c31-27(28-16-13-20-7-3-1-4-8-20)21-14-17-30(18-15-21)34(32,33)22-11-12-26-24(19-22)23-9-5-2-6-10-25(23)29-26/h1,3-4,7-8,11-12,19,21,29H,2,5-6,9-10,13-18H2,(H,28,31). The molecule has 2 aliphatic rings. The van der Waals surface area contributed by atoms with E-state index in [0.29, 0.717) is 37.4 Å². The molecule has 0 saturated carbocycles. The number of amides is 1. The Hall–Kier alpha value is -2.64. The Bertz CT molecular complexity index is 1260. The molecule has 0 atom stereocenters. The van der Waals surface area contributed by atoms with E-state index in [0.717, 1.165) is 36.6 Å². The van der Waals surface area contributed by atoms with Gasteiger partial charge in [0.25, 0.3) is 0 Å². The van der Waals surface area contributed by atoms with Crippen LogP contribution in [0.2, 0.25) is 0 Å². The summed E-state index contributed by atoms with van der Waals surface area (Å²) in [5.41, 5.74) is 4.77. The van der Waals surface area contributed by atoms with E-state index < -0.39 is 10.0 Å². The zero-order chi connectivity index (χ0) is 23.5. The molecule has 1 aromatic heterocycles. The molecule has 5 rings (SSSR count). The molecule has 0 radical (unpaired) electrons. The third-order valence-corrected chi connectivity index (χ3v) is 9.23. The topological polar surface area (TPSA) is 82.3 Å². The van der Waals surface area contributed by atoms with Crippen LogP contribution < -0.4 is 5.32 Å². The SMILES string of the molecule is O=C(NCCc1ccccc1)C1CCN(S(=O)(=O)c2ccc3[nH]c4c(c3c2)CCCCC4)CC1. The molecule has 7 heteroatoms. The molecular weight excluding hydrogens is 446 g/mol. The summed E-state index contributed by atoms with van der Waals surface area (Å²) in [5, 5.41) is 4.07. The number of aromatic nitrogens is 1. The van der Waals surface area contributed by atoms with Gasteiger partial charge in [-0.3, -0.25) is 4.79 Å². The maximum Gasteiger partial charge on any atom is 0.243 e. The lowest BCUT2D eigenvalue weighted by molar-refractivity contribution is -0.126. The number of H-pyrrole nitrogens is 1. The molecule has 0 spiro atoms. The van der Waals surface area contributed by atoms with Gasteiger partial charge in [0, 0.05) is 42.1 Å². The molecule has 1 saturated heterocycles. The summed E-state index contributed by atoms with van der Waals surface area (Å²) >= 11 is 0. The molecule has 180 valence electrons. The number of nitrogens with zero attached hydrogens (tertiary/aromatic N) is 1. The number of carbonyl (C=O) groups excluding carboxylic acids is 1. The van der Waals surface area contributed by atoms with Gasteiger partial charge in [0.15, 0.2) is 0 Å². The number of rotatable bonds is 6. The number of sulfonamides is 1. The molecule has 0 bridgehead atoms. The average molecular weight is 480 g/mol. The Morgan fingerprint density at radius 3 is 2.56 bits per heavy atom. The highest BCUT2D eigenvalue weighted by atomic mass is 32.2. The molecule has 1 aliphatic heterocycles. The van der Waals surface area contributed by atoms with Gasteiger partial charge >= 0.3 is 0 Å². The van der Waals surface area contributed by atoms with E-state index in [-0.39, 0.29) is 11.8 Å². The minimum Gasteiger partial charge on any atom is -0.358 e. The molecule has 2 N–H and O–H groups in total. The summed E-state index contributed by atoms with van der Waals surface area (Å²) in [6.45, 7) is 1.35. The summed E-state index contributed by atoms with van der Waals surface area (Å²) < 4.78 is 28.4. The second-order valence-corrected chi connectivity index (χ2v) is 11.5. The molecule has 3 aromatic rings. The fourth-order valence-electron chi connectivity index (χ4n) is 5.35. The van der Waals surface area contributed by atoms with Gasteiger partial charge in [0.1, 0.15) is 0 Å². The largest absolute Gasteiger partial charge is 0.358 e. The minimum atomic E-state index is -3.58. The van der Waals surface area contributed by atoms with Gasteiger partial charge in [-0.1, -0.05) is 36.8 Å². The van der Waals surface area contributed by atoms with Crippen molar-refractivity contribution in [1.82, 2.24) is 14.6 Å². The highest BCUT2D eigenvalue weighted by Crippen LogP contribution is 2.32. The number of piperidine rings is 1. The predicted molar refractivity (Wildman–Crippen MR) is 134 cm³/mol. The zero-order valence-corrected chi connectivity index (χ0v) is 20.4. The first-order valence-corrected chi connectivity index (χ1v) is 13.9. The lowest BCUT2D eigenvalue weighted by Gasteiger charge is -2.30. The average Bonchev–Trinajstić information content (AvgIpc) is 3.04. The molecule has 2 aromatic carbocycles. The Morgan fingerprint density at radius 2 is 1.76 bits per heavy atom. The van der Waals surface area contributed by atoms with Gasteiger partial charge in [-0.05, 0) is 74.3 Å². The summed E-state index contributed by atoms with van der Waals surface area (Å²) in [4.78, 5) is 16.5. The first kappa shape index (κ1) is 23.1. The second-order valence-electron chi connectivity index (χ2n) is 9.56. The molecule has 6 nitrogen and oxygen atoms in total. The fraction of sp³-hybridized carbons (Fsp3) is 0.444. The number of benzene rings is 2. The van der Waals surface area contributed by atoms with Crippen molar-refractivity contribution in [3.8, 4) is 0 Å². The second kappa shape index (κ2) is 9.92. The van der Waals surface area contributed by atoms with Crippen LogP contribution in [0.1, 0.15) is 48.9 Å². The molecular formula is C27H33N3O3S. The van der Waals surface area contributed by atoms with Crippen LogP contribution in [0.15, 0.2) is 53.4 Å². The predicted octanol–water partition coefficient (Wildman–Crippen LogP) is 4.20. The monoisotopic (exact) mass is 479 g/mol. The normalized spacial score (nSPS) is 17.9. The van der Waals surface area contributed by atoms with Crippen LogP contribution in [0.3, 0.4) is 0 Å². The van der Waals surface area contributed by atoms with Gasteiger partial charge < -0.3 is 10.3 Å². The summed E-state index contributed by atoms with van der Waals surface area (Å²) in [6.07, 6.45) is 7.49. The molecule has 1 amide bonds. The summed E-state index contributed by atoms with van der Waals surface area (Å²) in [7, 11) is -3.58. The van der Waals surface area contributed by atoms with Crippen LogP contribution in [0, 0.1) is 5.92 Å². The lowest BCUT2D eigenvalue weighted by Crippen LogP contribution is -2.43. The van der Waals surface area contributed by atoms with Crippen LogP contribution in [0.25, 0.3) is 10.9 Å². The van der Waals surface area contributed by atoms with Crippen molar-refractivity contribution in [1.29, 1.82) is 0 Å². The number of hydrogen-bond donors (Lipinski definition) is 2. The van der Waals surface area contributed by atoms with Crippen LogP contribution in [0.5, 0.6) is 0 Å². The maximum absolute atomic E-state index is 13.4. The van der Waals surface area contributed by atoms with Crippen molar-refractivity contribution >= 4 is 26.8 Å². The first-order chi connectivity index (χ1) is 16.5. The minimum absolute atomic E-state index is 0.0319. The van der Waals surface area contributed by atoms with Crippen molar-refractivity contribution in [2.45, 2.75) is 56.3 Å². The summed E-state index contributed by atoms with van der Waals surface area (Å²) in [5.74, 6) is -0.102. The van der Waals surface area contributed by atoms with Crippen molar-refractivity contribution in [2.75, 3.05) is 19.6 Å². The lowest BCUT2D eigenvalue weighted by atomic mass is 9.97. The number of fused-ring (bicyclic) bond motifs is 3. The van der Waals surface area contributed by atoms with Gasteiger partial charge in [0.05, 0.1) is 4.90 Å². The van der Waals surface area contributed by atoms with Crippen LogP contribution in [-0.2, 0) is 34.1 Å². The number of nitrogens with one attached hydrogen (secondary N) is 2. The summed E-state index contributed by atoms with van der Waals surface area (Å²) in [6, 6.07) is 15.6. The number of carbonyl (C=O) groups is 1. The molecule has 1 fully saturated rings. The van der Waals surface area contributed by atoms with E-state index in [1.165, 1.54) is 29.7 Å². The smallest absolute Gasteiger partial charge is 0.243 e. The van der Waals surface area contributed by atoms with E-state index in [4.69, 9.17) is 0 Å². The molecule has 2 heterocycles. The maximum atomic E-state index is 13.4. The van der Waals surface area contributed by atoms with Crippen molar-refractivity contribution in [3.05, 3.63) is 65.4 Å². The Balaban J connectivity index is 1.21. The van der Waals surface area contributed by atoms with E-state index in [1.807, 2.05) is 30.3 Å². The fourth-order valence-corrected chi connectivity index (χ4v) is 6.85. The highest BCUT2D eigenvalue weighted by molar-refractivity contribution is 7.89. The van der Waals surface area contributed by atoms with Crippen LogP contribution in [-0.4, -0.2) is 43.2 Å². The first-order valence-electron chi connectivity index (χ1n) is 12.5. The number of hydrogen-bond acceptors (Lipinski definition) is 3. The van der Waals surface area contributed by atoms with Crippen LogP contribution in [0.4, 0.5) is 0 Å². The Morgan fingerprint density at radius 1 is 1.00 bits per heavy atom. The number of aryl methyl sites for hydroxylation is 2. The van der Waals surface area contributed by atoms with E-state index in [2.05, 4.69) is 22.4 Å². The highest BCUT2D eigenvalue weighted by Gasteiger charge is 2.32. The Kier molecular flexibility index (Phi) is 6.75.